The summed E-state index contributed by atoms with van der Waals surface area (Å²) in [6, 6.07) is 6.71. The summed E-state index contributed by atoms with van der Waals surface area (Å²) < 4.78 is 28.2. The van der Waals surface area contributed by atoms with Gasteiger partial charge in [-0.15, -0.1) is 0 Å². The van der Waals surface area contributed by atoms with Gasteiger partial charge in [0.25, 0.3) is 5.56 Å². The van der Waals surface area contributed by atoms with Crippen LogP contribution in [-0.2, 0) is 13.1 Å². The minimum Gasteiger partial charge on any atom is -0.298 e. The highest BCUT2D eigenvalue weighted by Crippen LogP contribution is 2.21. The molecule has 6 heteroatoms. The third kappa shape index (κ3) is 3.22. The maximum absolute atomic E-state index is 13.6. The van der Waals surface area contributed by atoms with Crippen LogP contribution in [0.25, 0.3) is 0 Å². The molecule has 2 heterocycles. The zero-order valence-electron chi connectivity index (χ0n) is 12.3. The van der Waals surface area contributed by atoms with Gasteiger partial charge in [-0.3, -0.25) is 9.69 Å². The van der Waals surface area contributed by atoms with Crippen LogP contribution in [0.2, 0.25) is 0 Å². The number of aryl methyl sites for hydroxylation is 1. The molecule has 1 fully saturated rings. The molecular weight excluding hydrogens is 288 g/mol. The number of aromatic nitrogens is 2. The Morgan fingerprint density at radius 1 is 1.23 bits per heavy atom. The molecule has 116 valence electrons. The topological polar surface area (TPSA) is 38.1 Å². The summed E-state index contributed by atoms with van der Waals surface area (Å²) in [5, 5.41) is 4.21. The van der Waals surface area contributed by atoms with Gasteiger partial charge in [-0.2, -0.15) is 5.10 Å². The lowest BCUT2D eigenvalue weighted by atomic mass is 9.99. The van der Waals surface area contributed by atoms with Crippen LogP contribution in [0.5, 0.6) is 0 Å². The molecule has 0 bridgehead atoms. The molecular formula is C16H17F2N3O. The first kappa shape index (κ1) is 14.8. The predicted molar refractivity (Wildman–Crippen MR) is 78.4 cm³/mol. The molecule has 4 nitrogen and oxygen atoms in total. The fourth-order valence-corrected chi connectivity index (χ4v) is 2.75. The first-order chi connectivity index (χ1) is 10.5. The van der Waals surface area contributed by atoms with Crippen molar-refractivity contribution in [2.24, 2.45) is 5.92 Å². The second kappa shape index (κ2) is 5.96. The van der Waals surface area contributed by atoms with Crippen molar-refractivity contribution in [3.63, 3.8) is 0 Å². The smallest absolute Gasteiger partial charge is 0.266 e. The van der Waals surface area contributed by atoms with Crippen molar-refractivity contribution >= 4 is 0 Å². The third-order valence-corrected chi connectivity index (χ3v) is 3.87. The van der Waals surface area contributed by atoms with E-state index in [9.17, 15) is 13.6 Å². The van der Waals surface area contributed by atoms with Gasteiger partial charge >= 0.3 is 0 Å². The Labute approximate surface area is 127 Å². The highest BCUT2D eigenvalue weighted by molar-refractivity contribution is 5.19. The molecule has 0 N–H and O–H groups in total. The number of hydrogen-bond donors (Lipinski definition) is 0. The van der Waals surface area contributed by atoms with Gasteiger partial charge in [0.1, 0.15) is 11.6 Å². The summed E-state index contributed by atoms with van der Waals surface area (Å²) in [7, 11) is 0. The zero-order chi connectivity index (χ0) is 15.7. The summed E-state index contributed by atoms with van der Waals surface area (Å²) in [4.78, 5) is 13.7. The van der Waals surface area contributed by atoms with Crippen LogP contribution in [0, 0.1) is 24.5 Å². The number of likely N-dealkylation sites (tertiary alicyclic amines) is 1. The standard InChI is InChI=1S/C16H17F2N3O/c1-11-2-5-16(22)21(19-11)9-12-7-20(8-12)10-13-6-14(17)3-4-15(13)18/h2-6,12H,7-10H2,1H3. The van der Waals surface area contributed by atoms with Crippen molar-refractivity contribution in [3.05, 3.63) is 63.6 Å². The van der Waals surface area contributed by atoms with E-state index in [1.165, 1.54) is 16.8 Å². The minimum absolute atomic E-state index is 0.111. The zero-order valence-corrected chi connectivity index (χ0v) is 12.3. The fourth-order valence-electron chi connectivity index (χ4n) is 2.75. The summed E-state index contributed by atoms with van der Waals surface area (Å²) in [5.41, 5.74) is 1.06. The van der Waals surface area contributed by atoms with Crippen LogP contribution in [0.3, 0.4) is 0 Å². The molecule has 1 aromatic carbocycles. The van der Waals surface area contributed by atoms with Gasteiger partial charge < -0.3 is 0 Å². The van der Waals surface area contributed by atoms with Gasteiger partial charge in [0.05, 0.1) is 12.2 Å². The Morgan fingerprint density at radius 3 is 2.77 bits per heavy atom. The van der Waals surface area contributed by atoms with Crippen molar-refractivity contribution in [2.45, 2.75) is 20.0 Å². The Bertz CT molecular complexity index is 738. The van der Waals surface area contributed by atoms with Crippen LogP contribution in [0.1, 0.15) is 11.3 Å². The third-order valence-electron chi connectivity index (χ3n) is 3.87. The summed E-state index contributed by atoms with van der Waals surface area (Å²) in [5.74, 6) is -0.506. The maximum Gasteiger partial charge on any atom is 0.266 e. The molecule has 3 rings (SSSR count). The van der Waals surface area contributed by atoms with Crippen LogP contribution < -0.4 is 5.56 Å². The van der Waals surface area contributed by atoms with E-state index in [0.29, 0.717) is 24.6 Å². The van der Waals surface area contributed by atoms with Crippen LogP contribution >= 0.6 is 0 Å². The molecule has 1 aliphatic rings. The summed E-state index contributed by atoms with van der Waals surface area (Å²) in [6.45, 7) is 4.28. The summed E-state index contributed by atoms with van der Waals surface area (Å²) in [6.07, 6.45) is 0. The van der Waals surface area contributed by atoms with Gasteiger partial charge in [0.15, 0.2) is 0 Å². The quantitative estimate of drug-likeness (QED) is 0.867. The van der Waals surface area contributed by atoms with Gasteiger partial charge in [-0.1, -0.05) is 0 Å². The Hall–Kier alpha value is -2.08. The van der Waals surface area contributed by atoms with Crippen LogP contribution in [-0.4, -0.2) is 27.8 Å². The van der Waals surface area contributed by atoms with Gasteiger partial charge in [0, 0.05) is 37.2 Å². The first-order valence-electron chi connectivity index (χ1n) is 7.22. The average molecular weight is 305 g/mol. The molecule has 1 aromatic heterocycles. The fraction of sp³-hybridized carbons (Fsp3) is 0.375. The van der Waals surface area contributed by atoms with Gasteiger partial charge in [-0.25, -0.2) is 13.5 Å². The summed E-state index contributed by atoms with van der Waals surface area (Å²) >= 11 is 0. The number of hydrogen-bond acceptors (Lipinski definition) is 3. The maximum atomic E-state index is 13.6. The van der Waals surface area contributed by atoms with Crippen molar-refractivity contribution in [3.8, 4) is 0 Å². The molecule has 1 aliphatic heterocycles. The van der Waals surface area contributed by atoms with Gasteiger partial charge in [0.2, 0.25) is 0 Å². The Morgan fingerprint density at radius 2 is 2.00 bits per heavy atom. The van der Waals surface area contributed by atoms with E-state index in [1.54, 1.807) is 6.07 Å². The molecule has 0 atom stereocenters. The molecule has 0 spiro atoms. The van der Waals surface area contributed by atoms with E-state index < -0.39 is 5.82 Å². The van der Waals surface area contributed by atoms with Crippen LogP contribution in [0.4, 0.5) is 8.78 Å². The number of halogens is 2. The van der Waals surface area contributed by atoms with E-state index in [2.05, 4.69) is 5.10 Å². The molecule has 0 amide bonds. The normalized spacial score (nSPS) is 15.8. The number of benzene rings is 1. The first-order valence-corrected chi connectivity index (χ1v) is 7.22. The number of rotatable bonds is 4. The number of nitrogens with zero attached hydrogens (tertiary/aromatic N) is 3. The lowest BCUT2D eigenvalue weighted by Gasteiger charge is -2.39. The van der Waals surface area contributed by atoms with Crippen molar-refractivity contribution in [1.29, 1.82) is 0 Å². The molecule has 22 heavy (non-hydrogen) atoms. The Kier molecular flexibility index (Phi) is 4.02. The molecule has 0 unspecified atom stereocenters. The highest BCUT2D eigenvalue weighted by Gasteiger charge is 2.28. The molecule has 1 saturated heterocycles. The highest BCUT2D eigenvalue weighted by atomic mass is 19.1. The van der Waals surface area contributed by atoms with E-state index >= 15 is 0 Å². The minimum atomic E-state index is -0.427. The van der Waals surface area contributed by atoms with E-state index in [0.717, 1.165) is 30.9 Å². The largest absolute Gasteiger partial charge is 0.298 e. The Balaban J connectivity index is 1.57. The van der Waals surface area contributed by atoms with Crippen LogP contribution in [0.15, 0.2) is 35.1 Å². The molecule has 0 radical (unpaired) electrons. The monoisotopic (exact) mass is 305 g/mol. The molecule has 0 aliphatic carbocycles. The SMILES string of the molecule is Cc1ccc(=O)n(CC2CN(Cc3cc(F)ccc3F)C2)n1. The lowest BCUT2D eigenvalue weighted by Crippen LogP contribution is -2.49. The van der Waals surface area contributed by atoms with Crippen molar-refractivity contribution in [1.82, 2.24) is 14.7 Å². The van der Waals surface area contributed by atoms with E-state index in [1.807, 2.05) is 11.8 Å². The van der Waals surface area contributed by atoms with Crippen molar-refractivity contribution < 1.29 is 8.78 Å². The van der Waals surface area contributed by atoms with E-state index in [-0.39, 0.29) is 11.4 Å². The average Bonchev–Trinajstić information content (AvgIpc) is 2.44. The molecule has 0 saturated carbocycles. The van der Waals surface area contributed by atoms with Crippen molar-refractivity contribution in [2.75, 3.05) is 13.1 Å². The van der Waals surface area contributed by atoms with E-state index in [4.69, 9.17) is 0 Å². The van der Waals surface area contributed by atoms with Gasteiger partial charge in [-0.05, 0) is 31.2 Å². The second-order valence-electron chi connectivity index (χ2n) is 5.79. The molecule has 2 aromatic rings. The lowest BCUT2D eigenvalue weighted by molar-refractivity contribution is 0.0753. The predicted octanol–water partition coefficient (Wildman–Crippen LogP) is 1.96. The second-order valence-corrected chi connectivity index (χ2v) is 5.79.